The lowest BCUT2D eigenvalue weighted by Crippen LogP contribution is -2.46. The zero-order valence-corrected chi connectivity index (χ0v) is 13.1. The maximum atomic E-state index is 12.1. The van der Waals surface area contributed by atoms with Gasteiger partial charge in [-0.3, -0.25) is 9.69 Å². The first-order valence-electron chi connectivity index (χ1n) is 8.53. The molecule has 3 aliphatic rings. The van der Waals surface area contributed by atoms with E-state index in [0.717, 1.165) is 26.2 Å². The lowest BCUT2D eigenvalue weighted by atomic mass is 9.77. The van der Waals surface area contributed by atoms with Crippen LogP contribution in [0.4, 0.5) is 0 Å². The SMILES string of the molecule is O=C([C@H]1CN1)N1CCC2(CCN(Cc3ccccc3)C2)CC1. The maximum Gasteiger partial charge on any atom is 0.241 e. The Kier molecular flexibility index (Phi) is 3.66. The molecular weight excluding hydrogens is 274 g/mol. The highest BCUT2D eigenvalue weighted by Crippen LogP contribution is 2.41. The first kappa shape index (κ1) is 14.2. The molecule has 3 fully saturated rings. The van der Waals surface area contributed by atoms with Crippen molar-refractivity contribution >= 4 is 5.91 Å². The molecule has 1 aromatic rings. The second-order valence-corrected chi connectivity index (χ2v) is 7.23. The summed E-state index contributed by atoms with van der Waals surface area (Å²) >= 11 is 0. The smallest absolute Gasteiger partial charge is 0.241 e. The third kappa shape index (κ3) is 2.90. The molecule has 3 heterocycles. The topological polar surface area (TPSA) is 45.5 Å². The van der Waals surface area contributed by atoms with Gasteiger partial charge in [0, 0.05) is 32.7 Å². The molecule has 4 heteroatoms. The molecule has 3 aliphatic heterocycles. The number of hydrogen-bond donors (Lipinski definition) is 1. The van der Waals surface area contributed by atoms with Gasteiger partial charge in [-0.2, -0.15) is 0 Å². The van der Waals surface area contributed by atoms with Crippen molar-refractivity contribution in [3.8, 4) is 0 Å². The van der Waals surface area contributed by atoms with Gasteiger partial charge in [0.25, 0.3) is 0 Å². The molecule has 0 unspecified atom stereocenters. The molecule has 0 bridgehead atoms. The summed E-state index contributed by atoms with van der Waals surface area (Å²) in [5, 5.41) is 3.13. The van der Waals surface area contributed by atoms with E-state index in [2.05, 4.69) is 45.4 Å². The Labute approximate surface area is 132 Å². The van der Waals surface area contributed by atoms with Crippen LogP contribution in [0.15, 0.2) is 30.3 Å². The summed E-state index contributed by atoms with van der Waals surface area (Å²) in [5.41, 5.74) is 1.87. The normalized spacial score (nSPS) is 27.3. The molecule has 0 saturated carbocycles. The van der Waals surface area contributed by atoms with Crippen molar-refractivity contribution in [3.63, 3.8) is 0 Å². The van der Waals surface area contributed by atoms with Gasteiger partial charge in [0.15, 0.2) is 0 Å². The molecule has 22 heavy (non-hydrogen) atoms. The van der Waals surface area contributed by atoms with E-state index in [0.29, 0.717) is 11.3 Å². The number of piperidine rings is 1. The number of amides is 1. The fraction of sp³-hybridized carbons (Fsp3) is 0.611. The van der Waals surface area contributed by atoms with Crippen molar-refractivity contribution in [2.75, 3.05) is 32.7 Å². The third-order valence-electron chi connectivity index (χ3n) is 5.61. The van der Waals surface area contributed by atoms with E-state index in [-0.39, 0.29) is 6.04 Å². The average molecular weight is 299 g/mol. The fourth-order valence-electron chi connectivity index (χ4n) is 4.07. The second-order valence-electron chi connectivity index (χ2n) is 7.23. The molecule has 118 valence electrons. The number of carbonyl (C=O) groups excluding carboxylic acids is 1. The van der Waals surface area contributed by atoms with Gasteiger partial charge in [-0.15, -0.1) is 0 Å². The Bertz CT molecular complexity index is 533. The maximum absolute atomic E-state index is 12.1. The molecule has 1 spiro atoms. The van der Waals surface area contributed by atoms with Crippen LogP contribution in [0.5, 0.6) is 0 Å². The van der Waals surface area contributed by atoms with Gasteiger partial charge in [0.2, 0.25) is 5.91 Å². The van der Waals surface area contributed by atoms with E-state index >= 15 is 0 Å². The van der Waals surface area contributed by atoms with Crippen molar-refractivity contribution in [2.24, 2.45) is 5.41 Å². The summed E-state index contributed by atoms with van der Waals surface area (Å²) in [6, 6.07) is 10.9. The number of nitrogens with zero attached hydrogens (tertiary/aromatic N) is 2. The van der Waals surface area contributed by atoms with E-state index in [1.54, 1.807) is 0 Å². The number of nitrogens with one attached hydrogen (secondary N) is 1. The van der Waals surface area contributed by atoms with Gasteiger partial charge in [0.1, 0.15) is 0 Å². The minimum Gasteiger partial charge on any atom is -0.341 e. The van der Waals surface area contributed by atoms with Gasteiger partial charge in [0.05, 0.1) is 6.04 Å². The Balaban J connectivity index is 1.32. The highest BCUT2D eigenvalue weighted by Gasteiger charge is 2.43. The molecule has 1 atom stereocenters. The molecule has 0 aliphatic carbocycles. The first-order chi connectivity index (χ1) is 10.7. The predicted molar refractivity (Wildman–Crippen MR) is 86.4 cm³/mol. The Morgan fingerprint density at radius 2 is 1.82 bits per heavy atom. The van der Waals surface area contributed by atoms with Crippen LogP contribution in [0.2, 0.25) is 0 Å². The van der Waals surface area contributed by atoms with Gasteiger partial charge >= 0.3 is 0 Å². The number of benzene rings is 1. The summed E-state index contributed by atoms with van der Waals surface area (Å²) in [6.07, 6.45) is 3.65. The molecule has 0 aromatic heterocycles. The second kappa shape index (κ2) is 5.67. The molecule has 4 rings (SSSR count). The number of rotatable bonds is 3. The lowest BCUT2D eigenvalue weighted by molar-refractivity contribution is -0.132. The molecule has 3 saturated heterocycles. The standard InChI is InChI=1S/C18H25N3O/c22-17(16-12-19-16)21-10-7-18(8-11-21)6-9-20(14-18)13-15-4-2-1-3-5-15/h1-5,16,19H,6-14H2/t16-/m1/s1. The van der Waals surface area contributed by atoms with E-state index < -0.39 is 0 Å². The number of carbonyl (C=O) groups is 1. The van der Waals surface area contributed by atoms with Crippen LogP contribution in [0.25, 0.3) is 0 Å². The third-order valence-corrected chi connectivity index (χ3v) is 5.61. The molecule has 4 nitrogen and oxygen atoms in total. The van der Waals surface area contributed by atoms with E-state index in [1.165, 1.54) is 37.9 Å². The van der Waals surface area contributed by atoms with Crippen LogP contribution in [-0.4, -0.2) is 54.5 Å². The number of likely N-dealkylation sites (tertiary alicyclic amines) is 2. The van der Waals surface area contributed by atoms with E-state index in [4.69, 9.17) is 0 Å². The highest BCUT2D eigenvalue weighted by atomic mass is 16.2. The van der Waals surface area contributed by atoms with Gasteiger partial charge < -0.3 is 10.2 Å². The molecule has 1 aromatic carbocycles. The lowest BCUT2D eigenvalue weighted by Gasteiger charge is -2.39. The van der Waals surface area contributed by atoms with Gasteiger partial charge in [-0.1, -0.05) is 30.3 Å². The predicted octanol–water partition coefficient (Wildman–Crippen LogP) is 1.47. The van der Waals surface area contributed by atoms with Crippen LogP contribution >= 0.6 is 0 Å². The zero-order valence-electron chi connectivity index (χ0n) is 13.1. The molecule has 0 radical (unpaired) electrons. The summed E-state index contributed by atoms with van der Waals surface area (Å²) in [6.45, 7) is 6.26. The monoisotopic (exact) mass is 299 g/mol. The molecular formula is C18H25N3O. The first-order valence-corrected chi connectivity index (χ1v) is 8.53. The fourth-order valence-corrected chi connectivity index (χ4v) is 4.07. The van der Waals surface area contributed by atoms with Crippen LogP contribution in [0, 0.1) is 5.41 Å². The zero-order chi connectivity index (χ0) is 15.0. The summed E-state index contributed by atoms with van der Waals surface area (Å²) in [5.74, 6) is 0.328. The van der Waals surface area contributed by atoms with Crippen molar-refractivity contribution in [2.45, 2.75) is 31.8 Å². The van der Waals surface area contributed by atoms with Crippen molar-refractivity contribution < 1.29 is 4.79 Å². The Morgan fingerprint density at radius 3 is 2.50 bits per heavy atom. The summed E-state index contributed by atoms with van der Waals surface area (Å²) < 4.78 is 0. The van der Waals surface area contributed by atoms with Crippen LogP contribution in [0.3, 0.4) is 0 Å². The van der Waals surface area contributed by atoms with Crippen molar-refractivity contribution in [1.29, 1.82) is 0 Å². The van der Waals surface area contributed by atoms with Crippen LogP contribution < -0.4 is 5.32 Å². The highest BCUT2D eigenvalue weighted by molar-refractivity contribution is 5.84. The quantitative estimate of drug-likeness (QED) is 0.860. The van der Waals surface area contributed by atoms with E-state index in [1.807, 2.05) is 0 Å². The molecule has 1 amide bonds. The van der Waals surface area contributed by atoms with Crippen molar-refractivity contribution in [3.05, 3.63) is 35.9 Å². The van der Waals surface area contributed by atoms with Crippen LogP contribution in [0.1, 0.15) is 24.8 Å². The van der Waals surface area contributed by atoms with Crippen LogP contribution in [-0.2, 0) is 11.3 Å². The van der Waals surface area contributed by atoms with Crippen molar-refractivity contribution in [1.82, 2.24) is 15.1 Å². The van der Waals surface area contributed by atoms with E-state index in [9.17, 15) is 4.79 Å². The summed E-state index contributed by atoms with van der Waals surface area (Å²) in [4.78, 5) is 16.8. The average Bonchev–Trinajstić information content (AvgIpc) is 3.33. The minimum atomic E-state index is 0.132. The minimum absolute atomic E-state index is 0.132. The molecule has 1 N–H and O–H groups in total. The number of hydrogen-bond acceptors (Lipinski definition) is 3. The Morgan fingerprint density at radius 1 is 1.14 bits per heavy atom. The van der Waals surface area contributed by atoms with Gasteiger partial charge in [-0.25, -0.2) is 0 Å². The largest absolute Gasteiger partial charge is 0.341 e. The summed E-state index contributed by atoms with van der Waals surface area (Å²) in [7, 11) is 0. The van der Waals surface area contributed by atoms with Gasteiger partial charge in [-0.05, 0) is 36.8 Å². The Hall–Kier alpha value is -1.39.